The van der Waals surface area contributed by atoms with Gasteiger partial charge in [-0.3, -0.25) is 4.79 Å². The summed E-state index contributed by atoms with van der Waals surface area (Å²) in [4.78, 5) is 11.8. The van der Waals surface area contributed by atoms with Gasteiger partial charge in [0.05, 0.1) is 5.56 Å². The first-order valence-electron chi connectivity index (χ1n) is 5.63. The van der Waals surface area contributed by atoms with Crippen LogP contribution in [0.1, 0.15) is 23.2 Å². The monoisotopic (exact) mass is 292 g/mol. The van der Waals surface area contributed by atoms with Gasteiger partial charge >= 0.3 is 0 Å². The van der Waals surface area contributed by atoms with Crippen LogP contribution < -0.4 is 10.6 Å². The Morgan fingerprint density at radius 1 is 1.50 bits per heavy atom. The zero-order valence-corrected chi connectivity index (χ0v) is 11.3. The van der Waals surface area contributed by atoms with Gasteiger partial charge in [0, 0.05) is 17.6 Å². The number of hydrogen-bond donors (Lipinski definition) is 2. The molecule has 1 aromatic carbocycles. The zero-order chi connectivity index (χ0) is 12.3. The Balaban J connectivity index is 0.00000162. The van der Waals surface area contributed by atoms with Crippen molar-refractivity contribution in [2.75, 3.05) is 13.1 Å². The van der Waals surface area contributed by atoms with E-state index in [9.17, 15) is 9.18 Å². The summed E-state index contributed by atoms with van der Waals surface area (Å²) in [5.41, 5.74) is 0.0416. The highest BCUT2D eigenvalue weighted by atomic mass is 35.5. The molecule has 3 nitrogen and oxygen atoms in total. The minimum Gasteiger partial charge on any atom is -0.348 e. The molecule has 1 fully saturated rings. The van der Waals surface area contributed by atoms with Gasteiger partial charge in [-0.25, -0.2) is 4.39 Å². The molecule has 0 spiro atoms. The van der Waals surface area contributed by atoms with Crippen LogP contribution >= 0.6 is 24.0 Å². The Morgan fingerprint density at radius 3 is 2.89 bits per heavy atom. The molecule has 100 valence electrons. The molecule has 1 saturated heterocycles. The molecule has 0 unspecified atom stereocenters. The first kappa shape index (κ1) is 15.2. The van der Waals surface area contributed by atoms with Crippen LogP contribution in [0.4, 0.5) is 4.39 Å². The lowest BCUT2D eigenvalue weighted by Crippen LogP contribution is -2.45. The van der Waals surface area contributed by atoms with E-state index in [1.165, 1.54) is 12.1 Å². The standard InChI is InChI=1S/C12H14ClFN2O.ClH/c13-8-3-4-10(11(14)6-8)12(17)16-9-2-1-5-15-7-9;/h3-4,6,9,15H,1-2,5,7H2,(H,16,17);1H/t9-;/m0./s1. The summed E-state index contributed by atoms with van der Waals surface area (Å²) in [7, 11) is 0. The van der Waals surface area contributed by atoms with Gasteiger partial charge in [0.15, 0.2) is 0 Å². The van der Waals surface area contributed by atoms with Crippen LogP contribution in [0.3, 0.4) is 0 Å². The van der Waals surface area contributed by atoms with Crippen LogP contribution in [0.25, 0.3) is 0 Å². The van der Waals surface area contributed by atoms with Crippen molar-refractivity contribution in [2.45, 2.75) is 18.9 Å². The topological polar surface area (TPSA) is 41.1 Å². The number of amides is 1. The van der Waals surface area contributed by atoms with Crippen molar-refractivity contribution in [3.05, 3.63) is 34.6 Å². The summed E-state index contributed by atoms with van der Waals surface area (Å²) < 4.78 is 13.5. The predicted molar refractivity (Wildman–Crippen MR) is 72.0 cm³/mol. The Hall–Kier alpha value is -0.840. The molecule has 18 heavy (non-hydrogen) atoms. The lowest BCUT2D eigenvalue weighted by molar-refractivity contribution is 0.0926. The van der Waals surface area contributed by atoms with Crippen molar-refractivity contribution in [1.82, 2.24) is 10.6 Å². The largest absolute Gasteiger partial charge is 0.348 e. The summed E-state index contributed by atoms with van der Waals surface area (Å²) >= 11 is 5.63. The maximum atomic E-state index is 13.5. The predicted octanol–water partition coefficient (Wildman–Crippen LogP) is 2.38. The molecule has 1 atom stereocenters. The van der Waals surface area contributed by atoms with Crippen molar-refractivity contribution in [3.63, 3.8) is 0 Å². The molecule has 0 bridgehead atoms. The van der Waals surface area contributed by atoms with Crippen LogP contribution in [0, 0.1) is 5.82 Å². The molecule has 1 aromatic rings. The number of halogens is 3. The molecule has 6 heteroatoms. The number of hydrogen-bond acceptors (Lipinski definition) is 2. The van der Waals surface area contributed by atoms with Crippen molar-refractivity contribution in [1.29, 1.82) is 0 Å². The molecular formula is C12H15Cl2FN2O. The molecule has 1 amide bonds. The maximum Gasteiger partial charge on any atom is 0.254 e. The fourth-order valence-corrected chi connectivity index (χ4v) is 2.07. The quantitative estimate of drug-likeness (QED) is 0.879. The number of piperidine rings is 1. The van der Waals surface area contributed by atoms with Crippen LogP contribution in [0.2, 0.25) is 5.02 Å². The van der Waals surface area contributed by atoms with Crippen LogP contribution in [0.15, 0.2) is 18.2 Å². The Kier molecular flexibility index (Phi) is 5.85. The van der Waals surface area contributed by atoms with E-state index in [4.69, 9.17) is 11.6 Å². The van der Waals surface area contributed by atoms with E-state index in [0.29, 0.717) is 5.02 Å². The molecule has 1 aliphatic rings. The Labute approximate surface area is 116 Å². The molecule has 2 N–H and O–H groups in total. The van der Waals surface area contributed by atoms with Crippen LogP contribution in [-0.4, -0.2) is 25.0 Å². The van der Waals surface area contributed by atoms with Gasteiger partial charge in [0.25, 0.3) is 5.91 Å². The molecule has 0 aliphatic carbocycles. The molecule has 0 aromatic heterocycles. The van der Waals surface area contributed by atoms with Crippen molar-refractivity contribution >= 4 is 29.9 Å². The fraction of sp³-hybridized carbons (Fsp3) is 0.417. The summed E-state index contributed by atoms with van der Waals surface area (Å²) in [5.74, 6) is -0.966. The van der Waals surface area contributed by atoms with Gasteiger partial charge in [-0.1, -0.05) is 11.6 Å². The normalized spacial score (nSPS) is 18.9. The van der Waals surface area contributed by atoms with Crippen LogP contribution in [-0.2, 0) is 0 Å². The fourth-order valence-electron chi connectivity index (χ4n) is 1.91. The highest BCUT2D eigenvalue weighted by Crippen LogP contribution is 2.15. The summed E-state index contributed by atoms with van der Waals surface area (Å²) in [6.07, 6.45) is 1.95. The molecule has 0 radical (unpaired) electrons. The van der Waals surface area contributed by atoms with Gasteiger partial charge in [0.2, 0.25) is 0 Å². The van der Waals surface area contributed by atoms with E-state index < -0.39 is 5.82 Å². The molecular weight excluding hydrogens is 278 g/mol. The van der Waals surface area contributed by atoms with E-state index in [0.717, 1.165) is 32.0 Å². The van der Waals surface area contributed by atoms with E-state index in [-0.39, 0.29) is 29.9 Å². The second-order valence-corrected chi connectivity index (χ2v) is 4.58. The second-order valence-electron chi connectivity index (χ2n) is 4.14. The maximum absolute atomic E-state index is 13.5. The third-order valence-corrected chi connectivity index (χ3v) is 3.04. The second kappa shape index (κ2) is 6.92. The van der Waals surface area contributed by atoms with E-state index in [2.05, 4.69) is 10.6 Å². The molecule has 1 aliphatic heterocycles. The number of carbonyl (C=O) groups excluding carboxylic acids is 1. The zero-order valence-electron chi connectivity index (χ0n) is 9.71. The molecule has 1 heterocycles. The van der Waals surface area contributed by atoms with Crippen molar-refractivity contribution in [3.8, 4) is 0 Å². The molecule has 0 saturated carbocycles. The Morgan fingerprint density at radius 2 is 2.28 bits per heavy atom. The average Bonchev–Trinajstić information content (AvgIpc) is 2.30. The summed E-state index contributed by atoms with van der Waals surface area (Å²) in [5, 5.41) is 6.29. The van der Waals surface area contributed by atoms with E-state index in [1.54, 1.807) is 0 Å². The summed E-state index contributed by atoms with van der Waals surface area (Å²) in [6, 6.07) is 4.14. The number of benzene rings is 1. The van der Waals surface area contributed by atoms with Crippen LogP contribution in [0.5, 0.6) is 0 Å². The minimum atomic E-state index is -0.584. The smallest absolute Gasteiger partial charge is 0.254 e. The first-order chi connectivity index (χ1) is 8.16. The van der Waals surface area contributed by atoms with Gasteiger partial charge in [0.1, 0.15) is 5.82 Å². The molecule has 2 rings (SSSR count). The van der Waals surface area contributed by atoms with E-state index in [1.807, 2.05) is 0 Å². The minimum absolute atomic E-state index is 0. The van der Waals surface area contributed by atoms with E-state index >= 15 is 0 Å². The SMILES string of the molecule is Cl.O=C(N[C@H]1CCCNC1)c1ccc(Cl)cc1F. The average molecular weight is 293 g/mol. The lowest BCUT2D eigenvalue weighted by atomic mass is 10.1. The van der Waals surface area contributed by atoms with Gasteiger partial charge in [-0.2, -0.15) is 0 Å². The van der Waals surface area contributed by atoms with Gasteiger partial charge < -0.3 is 10.6 Å². The third kappa shape index (κ3) is 3.83. The van der Waals surface area contributed by atoms with Crippen molar-refractivity contribution in [2.24, 2.45) is 0 Å². The highest BCUT2D eigenvalue weighted by molar-refractivity contribution is 6.30. The van der Waals surface area contributed by atoms with Gasteiger partial charge in [-0.15, -0.1) is 12.4 Å². The highest BCUT2D eigenvalue weighted by Gasteiger charge is 2.18. The van der Waals surface area contributed by atoms with Crippen molar-refractivity contribution < 1.29 is 9.18 Å². The number of nitrogens with one attached hydrogen (secondary N) is 2. The third-order valence-electron chi connectivity index (χ3n) is 2.81. The summed E-state index contributed by atoms with van der Waals surface area (Å²) in [6.45, 7) is 1.71. The number of rotatable bonds is 2. The Bertz CT molecular complexity index is 423. The van der Waals surface area contributed by atoms with Gasteiger partial charge in [-0.05, 0) is 37.6 Å². The first-order valence-corrected chi connectivity index (χ1v) is 6.01. The number of carbonyl (C=O) groups is 1. The lowest BCUT2D eigenvalue weighted by Gasteiger charge is -2.23.